The minimum atomic E-state index is -0.724. The van der Waals surface area contributed by atoms with Crippen LogP contribution in [0.2, 0.25) is 10.0 Å². The van der Waals surface area contributed by atoms with Gasteiger partial charge in [0.2, 0.25) is 0 Å². The standard InChI is InChI=1S/C27H30Cl2N4O4/c28-21-5-1-18(2-6-21)25-15-32(16-26(36)20-3-7-22(17-35)31-14-20)10-11-33(25)24-8-4-19(13-23(24)29)27(37)30-9-12-34/h1-8,13-14,25-26,34-36H,9-12,15-17H2,(H,30,37)/t25-,26+/m0/s1. The van der Waals surface area contributed by atoms with Crippen LogP contribution in [0.3, 0.4) is 0 Å². The smallest absolute Gasteiger partial charge is 0.251 e. The Morgan fingerprint density at radius 2 is 1.86 bits per heavy atom. The number of aliphatic hydroxyl groups is 3. The summed E-state index contributed by atoms with van der Waals surface area (Å²) >= 11 is 12.8. The Kier molecular flexibility index (Phi) is 9.37. The van der Waals surface area contributed by atoms with Gasteiger partial charge in [-0.15, -0.1) is 0 Å². The van der Waals surface area contributed by atoms with E-state index in [0.717, 1.165) is 11.3 Å². The third kappa shape index (κ3) is 6.78. The van der Waals surface area contributed by atoms with Crippen LogP contribution in [0.15, 0.2) is 60.8 Å². The van der Waals surface area contributed by atoms with Crippen molar-refractivity contribution in [1.82, 2.24) is 15.2 Å². The van der Waals surface area contributed by atoms with Gasteiger partial charge in [-0.2, -0.15) is 0 Å². The van der Waals surface area contributed by atoms with Crippen LogP contribution in [-0.2, 0) is 6.61 Å². The molecule has 1 saturated heterocycles. The summed E-state index contributed by atoms with van der Waals surface area (Å²) in [5.74, 6) is -0.294. The maximum Gasteiger partial charge on any atom is 0.251 e. The third-order valence-corrected chi connectivity index (χ3v) is 7.02. The number of pyridine rings is 1. The first-order chi connectivity index (χ1) is 17.9. The number of nitrogens with one attached hydrogen (secondary N) is 1. The van der Waals surface area contributed by atoms with E-state index in [1.165, 1.54) is 0 Å². The number of amides is 1. The van der Waals surface area contributed by atoms with Crippen molar-refractivity contribution in [3.63, 3.8) is 0 Å². The summed E-state index contributed by atoms with van der Waals surface area (Å²) in [7, 11) is 0. The van der Waals surface area contributed by atoms with Gasteiger partial charge in [-0.3, -0.25) is 14.7 Å². The molecule has 8 nitrogen and oxygen atoms in total. The van der Waals surface area contributed by atoms with Crippen LogP contribution >= 0.6 is 23.2 Å². The van der Waals surface area contributed by atoms with Crippen LogP contribution in [0.5, 0.6) is 0 Å². The molecule has 196 valence electrons. The fourth-order valence-electron chi connectivity index (χ4n) is 4.49. The lowest BCUT2D eigenvalue weighted by Crippen LogP contribution is -2.49. The highest BCUT2D eigenvalue weighted by molar-refractivity contribution is 6.33. The number of hydrogen-bond donors (Lipinski definition) is 4. The van der Waals surface area contributed by atoms with E-state index in [4.69, 9.17) is 28.3 Å². The van der Waals surface area contributed by atoms with Gasteiger partial charge in [0.1, 0.15) is 0 Å². The van der Waals surface area contributed by atoms with Gasteiger partial charge in [-0.25, -0.2) is 0 Å². The molecule has 1 amide bonds. The number of aliphatic hydroxyl groups excluding tert-OH is 3. The van der Waals surface area contributed by atoms with Crippen LogP contribution < -0.4 is 10.2 Å². The van der Waals surface area contributed by atoms with Crippen molar-refractivity contribution in [3.05, 3.63) is 93.2 Å². The molecule has 3 aromatic rings. The molecule has 0 unspecified atom stereocenters. The second-order valence-corrected chi connectivity index (χ2v) is 9.77. The van der Waals surface area contributed by atoms with E-state index >= 15 is 0 Å². The van der Waals surface area contributed by atoms with Gasteiger partial charge in [-0.1, -0.05) is 41.4 Å². The van der Waals surface area contributed by atoms with Crippen LogP contribution in [0.25, 0.3) is 0 Å². The lowest BCUT2D eigenvalue weighted by atomic mass is 10.00. The van der Waals surface area contributed by atoms with Crippen LogP contribution in [0.4, 0.5) is 5.69 Å². The second-order valence-electron chi connectivity index (χ2n) is 8.92. The maximum atomic E-state index is 12.3. The molecule has 10 heteroatoms. The summed E-state index contributed by atoms with van der Waals surface area (Å²) in [4.78, 5) is 20.9. The number of halogens is 2. The molecular weight excluding hydrogens is 515 g/mol. The molecule has 4 rings (SSSR count). The summed E-state index contributed by atoms with van der Waals surface area (Å²) in [6.45, 7) is 2.30. The molecule has 0 bridgehead atoms. The molecule has 2 atom stereocenters. The van der Waals surface area contributed by atoms with Gasteiger partial charge in [-0.05, 0) is 42.0 Å². The largest absolute Gasteiger partial charge is 0.395 e. The van der Waals surface area contributed by atoms with Crippen molar-refractivity contribution in [3.8, 4) is 0 Å². The summed E-state index contributed by atoms with van der Waals surface area (Å²) in [6.07, 6.45) is 0.874. The van der Waals surface area contributed by atoms with E-state index in [0.29, 0.717) is 53.0 Å². The zero-order valence-corrected chi connectivity index (χ0v) is 21.7. The second kappa shape index (κ2) is 12.7. The lowest BCUT2D eigenvalue weighted by molar-refractivity contribution is 0.0944. The van der Waals surface area contributed by atoms with E-state index < -0.39 is 6.10 Å². The summed E-state index contributed by atoms with van der Waals surface area (Å²) in [6, 6.07) is 16.3. The topological polar surface area (TPSA) is 109 Å². The van der Waals surface area contributed by atoms with Crippen molar-refractivity contribution in [2.45, 2.75) is 18.8 Å². The highest BCUT2D eigenvalue weighted by atomic mass is 35.5. The Labute approximate surface area is 226 Å². The normalized spacial score (nSPS) is 17.0. The Balaban J connectivity index is 1.55. The Morgan fingerprint density at radius 1 is 1.08 bits per heavy atom. The van der Waals surface area contributed by atoms with Gasteiger partial charge in [0.15, 0.2) is 0 Å². The zero-order valence-electron chi connectivity index (χ0n) is 20.2. The number of rotatable bonds is 9. The number of benzene rings is 2. The molecule has 1 aliphatic rings. The molecule has 4 N–H and O–H groups in total. The predicted molar refractivity (Wildman–Crippen MR) is 144 cm³/mol. The SMILES string of the molecule is O=C(NCCO)c1ccc(N2CCN(C[C@@H](O)c3ccc(CO)nc3)C[C@H]2c2ccc(Cl)cc2)c(Cl)c1. The van der Waals surface area contributed by atoms with Crippen molar-refractivity contribution in [2.75, 3.05) is 44.2 Å². The molecule has 0 radical (unpaired) electrons. The number of aromatic nitrogens is 1. The van der Waals surface area contributed by atoms with Gasteiger partial charge in [0.05, 0.1) is 41.8 Å². The number of carbonyl (C=O) groups excluding carboxylic acids is 1. The minimum Gasteiger partial charge on any atom is -0.395 e. The van der Waals surface area contributed by atoms with Crippen molar-refractivity contribution in [1.29, 1.82) is 0 Å². The highest BCUT2D eigenvalue weighted by Crippen LogP contribution is 2.36. The first-order valence-electron chi connectivity index (χ1n) is 12.1. The molecule has 2 aromatic carbocycles. The predicted octanol–water partition coefficient (Wildman–Crippen LogP) is 3.20. The van der Waals surface area contributed by atoms with E-state index in [2.05, 4.69) is 20.1 Å². The summed E-state index contributed by atoms with van der Waals surface area (Å²) < 4.78 is 0. The average Bonchev–Trinajstić information content (AvgIpc) is 2.92. The van der Waals surface area contributed by atoms with Gasteiger partial charge < -0.3 is 25.5 Å². The molecule has 0 saturated carbocycles. The summed E-state index contributed by atoms with van der Waals surface area (Å²) in [5, 5.41) is 32.8. The fraction of sp³-hybridized carbons (Fsp3) is 0.333. The third-order valence-electron chi connectivity index (χ3n) is 6.46. The summed E-state index contributed by atoms with van der Waals surface area (Å²) in [5.41, 5.74) is 3.54. The highest BCUT2D eigenvalue weighted by Gasteiger charge is 2.31. The average molecular weight is 545 g/mol. The van der Waals surface area contributed by atoms with Crippen molar-refractivity contribution in [2.24, 2.45) is 0 Å². The van der Waals surface area contributed by atoms with Crippen LogP contribution in [0.1, 0.15) is 39.3 Å². The molecule has 0 spiro atoms. The van der Waals surface area contributed by atoms with Crippen molar-refractivity contribution < 1.29 is 20.1 Å². The molecule has 37 heavy (non-hydrogen) atoms. The fourth-order valence-corrected chi connectivity index (χ4v) is 4.91. The number of β-amino-alcohol motifs (C(OH)–C–C–N with tert-alkyl or cyclic N) is 1. The monoisotopic (exact) mass is 544 g/mol. The van der Waals surface area contributed by atoms with E-state index in [1.54, 1.807) is 30.5 Å². The van der Waals surface area contributed by atoms with Gasteiger partial charge in [0, 0.05) is 55.1 Å². The first-order valence-corrected chi connectivity index (χ1v) is 12.8. The lowest BCUT2D eigenvalue weighted by Gasteiger charge is -2.44. The number of hydrogen-bond acceptors (Lipinski definition) is 7. The number of nitrogens with zero attached hydrogens (tertiary/aromatic N) is 3. The quantitative estimate of drug-likeness (QED) is 0.327. The molecule has 1 fully saturated rings. The molecule has 0 aliphatic carbocycles. The van der Waals surface area contributed by atoms with E-state index in [9.17, 15) is 15.0 Å². The zero-order chi connectivity index (χ0) is 26.4. The molecule has 2 heterocycles. The van der Waals surface area contributed by atoms with E-state index in [1.807, 2.05) is 30.3 Å². The Hall–Kier alpha value is -2.72. The van der Waals surface area contributed by atoms with Crippen molar-refractivity contribution >= 4 is 34.8 Å². The molecule has 1 aliphatic heterocycles. The minimum absolute atomic E-state index is 0.0697. The molecular formula is C27H30Cl2N4O4. The van der Waals surface area contributed by atoms with Crippen LogP contribution in [-0.4, -0.2) is 70.4 Å². The Morgan fingerprint density at radius 3 is 2.51 bits per heavy atom. The van der Waals surface area contributed by atoms with Crippen LogP contribution in [0, 0.1) is 0 Å². The Bertz CT molecular complexity index is 1190. The van der Waals surface area contributed by atoms with Gasteiger partial charge >= 0.3 is 0 Å². The number of carbonyl (C=O) groups is 1. The molecule has 1 aromatic heterocycles. The number of piperazine rings is 1. The first kappa shape index (κ1) is 27.3. The van der Waals surface area contributed by atoms with Gasteiger partial charge in [0.25, 0.3) is 5.91 Å². The maximum absolute atomic E-state index is 12.3. The van der Waals surface area contributed by atoms with E-state index in [-0.39, 0.29) is 31.7 Å². The number of anilines is 1.